The predicted molar refractivity (Wildman–Crippen MR) is 79.4 cm³/mol. The van der Waals surface area contributed by atoms with E-state index in [9.17, 15) is 4.79 Å². The summed E-state index contributed by atoms with van der Waals surface area (Å²) >= 11 is 0. The van der Waals surface area contributed by atoms with E-state index in [0.29, 0.717) is 12.3 Å². The highest BCUT2D eigenvalue weighted by molar-refractivity contribution is 5.95. The number of nitrogens with zero attached hydrogens (tertiary/aromatic N) is 2. The topological polar surface area (TPSA) is 23.6 Å². The molecule has 0 aliphatic carbocycles. The fourth-order valence-electron chi connectivity index (χ4n) is 2.34. The highest BCUT2D eigenvalue weighted by Gasteiger charge is 2.28. The Kier molecular flexibility index (Phi) is 4.38. The zero-order chi connectivity index (χ0) is 13.8. The fraction of sp³-hybridized carbons (Fsp3) is 0.438. The number of carbonyl (C=O) groups is 1. The molecule has 3 nitrogen and oxygen atoms in total. The van der Waals surface area contributed by atoms with Crippen molar-refractivity contribution in [3.8, 4) is 0 Å². The van der Waals surface area contributed by atoms with E-state index in [-0.39, 0.29) is 5.91 Å². The van der Waals surface area contributed by atoms with E-state index in [1.54, 1.807) is 0 Å². The maximum atomic E-state index is 11.9. The Hall–Kier alpha value is -1.61. The second-order valence-electron chi connectivity index (χ2n) is 5.42. The van der Waals surface area contributed by atoms with Gasteiger partial charge in [-0.05, 0) is 38.2 Å². The number of benzene rings is 1. The van der Waals surface area contributed by atoms with Crippen molar-refractivity contribution in [2.75, 3.05) is 32.1 Å². The minimum atomic E-state index is 0.200. The molecule has 1 heterocycles. The van der Waals surface area contributed by atoms with E-state index >= 15 is 0 Å². The summed E-state index contributed by atoms with van der Waals surface area (Å²) in [5.41, 5.74) is 2.31. The third kappa shape index (κ3) is 3.44. The minimum Gasteiger partial charge on any atom is -0.312 e. The Balaban J connectivity index is 2.02. The van der Waals surface area contributed by atoms with Crippen molar-refractivity contribution in [2.24, 2.45) is 5.92 Å². The molecule has 1 amide bonds. The quantitative estimate of drug-likeness (QED) is 0.757. The van der Waals surface area contributed by atoms with Crippen LogP contribution in [-0.4, -0.2) is 38.0 Å². The molecule has 1 aromatic carbocycles. The van der Waals surface area contributed by atoms with Crippen molar-refractivity contribution in [2.45, 2.75) is 12.8 Å². The van der Waals surface area contributed by atoms with Gasteiger partial charge in [0.05, 0.1) is 0 Å². The van der Waals surface area contributed by atoms with Gasteiger partial charge in [-0.15, -0.1) is 6.58 Å². The Morgan fingerprint density at radius 3 is 2.58 bits per heavy atom. The zero-order valence-corrected chi connectivity index (χ0v) is 11.8. The standard InChI is InChI=1S/C16H22N2O/c1-4-13-11-16(19)18(12-13)15-7-5-14(6-8-15)9-10-17(2)3/h4-8,13H,1,9-12H2,2-3H3. The van der Waals surface area contributed by atoms with E-state index in [0.717, 1.165) is 25.2 Å². The van der Waals surface area contributed by atoms with Gasteiger partial charge in [0.15, 0.2) is 0 Å². The van der Waals surface area contributed by atoms with Gasteiger partial charge in [-0.25, -0.2) is 0 Å². The van der Waals surface area contributed by atoms with Gasteiger partial charge < -0.3 is 9.80 Å². The van der Waals surface area contributed by atoms with Crippen LogP contribution in [0.4, 0.5) is 5.69 Å². The molecule has 2 rings (SSSR count). The average Bonchev–Trinajstić information content (AvgIpc) is 2.78. The van der Waals surface area contributed by atoms with Gasteiger partial charge in [-0.2, -0.15) is 0 Å². The van der Waals surface area contributed by atoms with Crippen LogP contribution in [0.5, 0.6) is 0 Å². The number of hydrogen-bond acceptors (Lipinski definition) is 2. The van der Waals surface area contributed by atoms with Crippen molar-refractivity contribution in [3.63, 3.8) is 0 Å². The molecular weight excluding hydrogens is 236 g/mol. The monoisotopic (exact) mass is 258 g/mol. The molecule has 102 valence electrons. The van der Waals surface area contributed by atoms with Gasteiger partial charge in [0, 0.05) is 31.1 Å². The molecule has 1 aliphatic heterocycles. The summed E-state index contributed by atoms with van der Waals surface area (Å²) < 4.78 is 0. The summed E-state index contributed by atoms with van der Waals surface area (Å²) in [5.74, 6) is 0.492. The highest BCUT2D eigenvalue weighted by Crippen LogP contribution is 2.25. The van der Waals surface area contributed by atoms with Crippen molar-refractivity contribution in [1.29, 1.82) is 0 Å². The first-order chi connectivity index (χ1) is 9.10. The Labute approximate surface area is 115 Å². The number of anilines is 1. The maximum Gasteiger partial charge on any atom is 0.227 e. The number of rotatable bonds is 5. The van der Waals surface area contributed by atoms with Crippen molar-refractivity contribution in [1.82, 2.24) is 4.90 Å². The smallest absolute Gasteiger partial charge is 0.227 e. The molecule has 1 atom stereocenters. The molecule has 0 N–H and O–H groups in total. The van der Waals surface area contributed by atoms with Crippen LogP contribution in [0.25, 0.3) is 0 Å². The van der Waals surface area contributed by atoms with Crippen LogP contribution >= 0.6 is 0 Å². The van der Waals surface area contributed by atoms with E-state index < -0.39 is 0 Å². The van der Waals surface area contributed by atoms with Crippen LogP contribution in [0, 0.1) is 5.92 Å². The van der Waals surface area contributed by atoms with Crippen molar-refractivity contribution >= 4 is 11.6 Å². The molecule has 3 heteroatoms. The minimum absolute atomic E-state index is 0.200. The Morgan fingerprint density at radius 2 is 2.05 bits per heavy atom. The number of hydrogen-bond donors (Lipinski definition) is 0. The van der Waals surface area contributed by atoms with Gasteiger partial charge in [-0.3, -0.25) is 4.79 Å². The number of likely N-dealkylation sites (N-methyl/N-ethyl adjacent to an activating group) is 1. The van der Waals surface area contributed by atoms with Crippen LogP contribution in [0.1, 0.15) is 12.0 Å². The highest BCUT2D eigenvalue weighted by atomic mass is 16.2. The lowest BCUT2D eigenvalue weighted by Gasteiger charge is -2.17. The molecule has 0 spiro atoms. The Morgan fingerprint density at radius 1 is 1.37 bits per heavy atom. The lowest BCUT2D eigenvalue weighted by molar-refractivity contribution is -0.117. The maximum absolute atomic E-state index is 11.9. The van der Waals surface area contributed by atoms with E-state index in [1.807, 2.05) is 23.1 Å². The fourth-order valence-corrected chi connectivity index (χ4v) is 2.34. The molecular formula is C16H22N2O. The zero-order valence-electron chi connectivity index (χ0n) is 11.8. The van der Waals surface area contributed by atoms with Crippen LogP contribution in [0.15, 0.2) is 36.9 Å². The van der Waals surface area contributed by atoms with Gasteiger partial charge in [0.25, 0.3) is 0 Å². The van der Waals surface area contributed by atoms with E-state index in [4.69, 9.17) is 0 Å². The average molecular weight is 258 g/mol. The largest absolute Gasteiger partial charge is 0.312 e. The molecule has 0 aromatic heterocycles. The second kappa shape index (κ2) is 6.02. The molecule has 19 heavy (non-hydrogen) atoms. The molecule has 0 radical (unpaired) electrons. The first-order valence-corrected chi connectivity index (χ1v) is 6.76. The summed E-state index contributed by atoms with van der Waals surface area (Å²) in [6.07, 6.45) is 3.51. The first-order valence-electron chi connectivity index (χ1n) is 6.76. The van der Waals surface area contributed by atoms with Gasteiger partial charge >= 0.3 is 0 Å². The van der Waals surface area contributed by atoms with Crippen LogP contribution in [0.3, 0.4) is 0 Å². The Bertz CT molecular complexity index is 450. The molecule has 0 bridgehead atoms. The number of amides is 1. The molecule has 1 unspecified atom stereocenters. The second-order valence-corrected chi connectivity index (χ2v) is 5.42. The molecule has 1 aromatic rings. The van der Waals surface area contributed by atoms with E-state index in [1.165, 1.54) is 5.56 Å². The van der Waals surface area contributed by atoms with Crippen LogP contribution in [0.2, 0.25) is 0 Å². The third-order valence-electron chi connectivity index (χ3n) is 3.58. The van der Waals surface area contributed by atoms with Gasteiger partial charge in [0.2, 0.25) is 5.91 Å². The summed E-state index contributed by atoms with van der Waals surface area (Å²) in [7, 11) is 4.15. The molecule has 0 saturated carbocycles. The summed E-state index contributed by atoms with van der Waals surface area (Å²) in [6, 6.07) is 8.34. The van der Waals surface area contributed by atoms with Crippen molar-refractivity contribution in [3.05, 3.63) is 42.5 Å². The summed E-state index contributed by atoms with van der Waals surface area (Å²) in [5, 5.41) is 0. The molecule has 1 aliphatic rings. The first kappa shape index (κ1) is 13.8. The normalized spacial score (nSPS) is 19.2. The van der Waals surface area contributed by atoms with Crippen LogP contribution in [-0.2, 0) is 11.2 Å². The lowest BCUT2D eigenvalue weighted by Crippen LogP contribution is -2.24. The van der Waals surface area contributed by atoms with Gasteiger partial charge in [0.1, 0.15) is 0 Å². The summed E-state index contributed by atoms with van der Waals surface area (Å²) in [4.78, 5) is 16.0. The molecule has 1 fully saturated rings. The number of carbonyl (C=O) groups excluding carboxylic acids is 1. The van der Waals surface area contributed by atoms with Crippen molar-refractivity contribution < 1.29 is 4.79 Å². The third-order valence-corrected chi connectivity index (χ3v) is 3.58. The van der Waals surface area contributed by atoms with Gasteiger partial charge in [-0.1, -0.05) is 18.2 Å². The van der Waals surface area contributed by atoms with Crippen LogP contribution < -0.4 is 4.90 Å². The molecule has 1 saturated heterocycles. The summed E-state index contributed by atoms with van der Waals surface area (Å²) in [6.45, 7) is 5.58. The predicted octanol–water partition coefficient (Wildman–Crippen LogP) is 2.33. The lowest BCUT2D eigenvalue weighted by atomic mass is 10.1. The van der Waals surface area contributed by atoms with E-state index in [2.05, 4.69) is 37.7 Å². The SMILES string of the molecule is C=CC1CC(=O)N(c2ccc(CCN(C)C)cc2)C1.